The van der Waals surface area contributed by atoms with Gasteiger partial charge in [-0.15, -0.1) is 0 Å². The van der Waals surface area contributed by atoms with Crippen LogP contribution in [0.4, 0.5) is 0 Å². The average molecular weight is 232 g/mol. The number of hydrogen-bond donors (Lipinski definition) is 2. The topological polar surface area (TPSA) is 58.0 Å². The first-order valence-electron chi connectivity index (χ1n) is 5.98. The van der Waals surface area contributed by atoms with Gasteiger partial charge in [0.2, 0.25) is 0 Å². The van der Waals surface area contributed by atoms with Gasteiger partial charge in [0.05, 0.1) is 16.6 Å². The Morgan fingerprint density at radius 3 is 2.71 bits per heavy atom. The molecule has 0 unspecified atom stereocenters. The van der Waals surface area contributed by atoms with Gasteiger partial charge in [-0.25, -0.2) is 4.79 Å². The lowest BCUT2D eigenvalue weighted by atomic mass is 10.1. The SMILES string of the molecule is CC(C)n1c(=O)[nH]c2cc(C3(O)CC3)ccc21. The van der Waals surface area contributed by atoms with Crippen molar-refractivity contribution in [1.82, 2.24) is 9.55 Å². The molecule has 0 aliphatic heterocycles. The molecule has 1 aromatic heterocycles. The van der Waals surface area contributed by atoms with Gasteiger partial charge < -0.3 is 10.1 Å². The lowest BCUT2D eigenvalue weighted by Gasteiger charge is -2.09. The zero-order valence-corrected chi connectivity index (χ0v) is 10.0. The number of rotatable bonds is 2. The van der Waals surface area contributed by atoms with Gasteiger partial charge in [-0.2, -0.15) is 0 Å². The maximum Gasteiger partial charge on any atom is 0.326 e. The Kier molecular flexibility index (Phi) is 2.01. The van der Waals surface area contributed by atoms with Gasteiger partial charge in [0.1, 0.15) is 0 Å². The van der Waals surface area contributed by atoms with Crippen LogP contribution in [0.25, 0.3) is 11.0 Å². The van der Waals surface area contributed by atoms with Gasteiger partial charge in [-0.3, -0.25) is 4.57 Å². The summed E-state index contributed by atoms with van der Waals surface area (Å²) < 4.78 is 1.73. The molecule has 1 fully saturated rings. The first kappa shape index (κ1) is 10.6. The van der Waals surface area contributed by atoms with E-state index in [2.05, 4.69) is 4.98 Å². The van der Waals surface area contributed by atoms with Crippen molar-refractivity contribution in [2.45, 2.75) is 38.3 Å². The molecule has 0 bridgehead atoms. The van der Waals surface area contributed by atoms with Crippen molar-refractivity contribution in [1.29, 1.82) is 0 Å². The van der Waals surface area contributed by atoms with E-state index in [4.69, 9.17) is 0 Å². The van der Waals surface area contributed by atoms with Gasteiger partial charge in [0.15, 0.2) is 0 Å². The second kappa shape index (κ2) is 3.23. The minimum absolute atomic E-state index is 0.0880. The van der Waals surface area contributed by atoms with E-state index in [1.54, 1.807) is 4.57 Å². The largest absolute Gasteiger partial charge is 0.385 e. The Morgan fingerprint density at radius 2 is 2.12 bits per heavy atom. The van der Waals surface area contributed by atoms with Gasteiger partial charge in [0, 0.05) is 6.04 Å². The summed E-state index contributed by atoms with van der Waals surface area (Å²) in [4.78, 5) is 14.6. The number of nitrogens with one attached hydrogen (secondary N) is 1. The Morgan fingerprint density at radius 1 is 1.41 bits per heavy atom. The fraction of sp³-hybridized carbons (Fsp3) is 0.462. The molecule has 4 nitrogen and oxygen atoms in total. The summed E-state index contributed by atoms with van der Waals surface area (Å²) in [5.41, 5.74) is 1.88. The van der Waals surface area contributed by atoms with Crippen LogP contribution in [0.3, 0.4) is 0 Å². The Bertz CT molecular complexity index is 632. The van der Waals surface area contributed by atoms with E-state index in [0.717, 1.165) is 29.4 Å². The molecule has 0 amide bonds. The molecule has 0 saturated heterocycles. The highest BCUT2D eigenvalue weighted by Gasteiger charge is 2.42. The van der Waals surface area contributed by atoms with Crippen molar-refractivity contribution in [3.8, 4) is 0 Å². The van der Waals surface area contributed by atoms with Crippen molar-refractivity contribution in [3.63, 3.8) is 0 Å². The molecule has 1 aromatic carbocycles. The number of imidazole rings is 1. The summed E-state index contributed by atoms with van der Waals surface area (Å²) in [7, 11) is 0. The number of nitrogens with zero attached hydrogens (tertiary/aromatic N) is 1. The molecule has 0 atom stereocenters. The van der Waals surface area contributed by atoms with Crippen molar-refractivity contribution >= 4 is 11.0 Å². The molecule has 2 aromatic rings. The normalized spacial score (nSPS) is 17.9. The van der Waals surface area contributed by atoms with Crippen LogP contribution in [0.5, 0.6) is 0 Å². The third-order valence-corrected chi connectivity index (χ3v) is 3.49. The summed E-state index contributed by atoms with van der Waals surface area (Å²) in [6.07, 6.45) is 1.63. The Balaban J connectivity index is 2.22. The van der Waals surface area contributed by atoms with Crippen LogP contribution in [0.2, 0.25) is 0 Å². The van der Waals surface area contributed by atoms with E-state index in [-0.39, 0.29) is 11.7 Å². The summed E-state index contributed by atoms with van der Waals surface area (Å²) in [5.74, 6) is 0. The molecule has 0 spiro atoms. The number of aliphatic hydroxyl groups is 1. The lowest BCUT2D eigenvalue weighted by Crippen LogP contribution is -2.18. The summed E-state index contributed by atoms with van der Waals surface area (Å²) in [6, 6.07) is 5.86. The molecule has 0 radical (unpaired) electrons. The monoisotopic (exact) mass is 232 g/mol. The predicted molar refractivity (Wildman–Crippen MR) is 66.1 cm³/mol. The third kappa shape index (κ3) is 1.52. The van der Waals surface area contributed by atoms with E-state index in [0.29, 0.717) is 0 Å². The molecule has 2 N–H and O–H groups in total. The Labute approximate surface area is 98.9 Å². The lowest BCUT2D eigenvalue weighted by molar-refractivity contribution is 0.151. The van der Waals surface area contributed by atoms with Crippen molar-refractivity contribution in [3.05, 3.63) is 34.2 Å². The highest BCUT2D eigenvalue weighted by Crippen LogP contribution is 2.45. The molecule has 1 aliphatic carbocycles. The first-order chi connectivity index (χ1) is 8.01. The first-order valence-corrected chi connectivity index (χ1v) is 5.98. The molecule has 1 saturated carbocycles. The van der Waals surface area contributed by atoms with Gasteiger partial charge in [-0.1, -0.05) is 6.07 Å². The third-order valence-electron chi connectivity index (χ3n) is 3.49. The van der Waals surface area contributed by atoms with E-state index in [1.165, 1.54) is 0 Å². The number of aromatic amines is 1. The number of benzene rings is 1. The van der Waals surface area contributed by atoms with Crippen LogP contribution in [-0.4, -0.2) is 14.7 Å². The standard InChI is InChI=1S/C13H16N2O2/c1-8(2)15-11-4-3-9(13(17)5-6-13)7-10(11)14-12(15)16/h3-4,7-8,17H,5-6H2,1-2H3,(H,14,16). The zero-order valence-electron chi connectivity index (χ0n) is 10.0. The quantitative estimate of drug-likeness (QED) is 0.830. The summed E-state index contributed by atoms with van der Waals surface area (Å²) in [5, 5.41) is 10.0. The zero-order chi connectivity index (χ0) is 12.2. The fourth-order valence-corrected chi connectivity index (χ4v) is 2.34. The molecule has 1 heterocycles. The number of aromatic nitrogens is 2. The van der Waals surface area contributed by atoms with Crippen molar-refractivity contribution in [2.75, 3.05) is 0 Å². The van der Waals surface area contributed by atoms with Crippen LogP contribution < -0.4 is 5.69 Å². The molecule has 4 heteroatoms. The fourth-order valence-electron chi connectivity index (χ4n) is 2.34. The smallest absolute Gasteiger partial charge is 0.326 e. The second-order valence-corrected chi connectivity index (χ2v) is 5.16. The highest BCUT2D eigenvalue weighted by molar-refractivity contribution is 5.76. The van der Waals surface area contributed by atoms with Crippen molar-refractivity contribution < 1.29 is 5.11 Å². The van der Waals surface area contributed by atoms with Crippen LogP contribution >= 0.6 is 0 Å². The number of H-pyrrole nitrogens is 1. The minimum atomic E-state index is -0.648. The highest BCUT2D eigenvalue weighted by atomic mass is 16.3. The molecule has 1 aliphatic rings. The van der Waals surface area contributed by atoms with E-state index in [9.17, 15) is 9.90 Å². The number of fused-ring (bicyclic) bond motifs is 1. The Hall–Kier alpha value is -1.55. The molecule has 90 valence electrons. The molecule has 3 rings (SSSR count). The maximum atomic E-state index is 11.8. The van der Waals surface area contributed by atoms with Gasteiger partial charge in [-0.05, 0) is 44.4 Å². The van der Waals surface area contributed by atoms with Crippen LogP contribution in [0, 0.1) is 0 Å². The van der Waals surface area contributed by atoms with Gasteiger partial charge in [0.25, 0.3) is 0 Å². The number of hydrogen-bond acceptors (Lipinski definition) is 2. The van der Waals surface area contributed by atoms with Crippen LogP contribution in [-0.2, 0) is 5.60 Å². The summed E-state index contributed by atoms with van der Waals surface area (Å²) in [6.45, 7) is 3.97. The van der Waals surface area contributed by atoms with E-state index in [1.807, 2.05) is 32.0 Å². The molecular formula is C13H16N2O2. The minimum Gasteiger partial charge on any atom is -0.385 e. The predicted octanol–water partition coefficient (Wildman–Crippen LogP) is 1.89. The van der Waals surface area contributed by atoms with Gasteiger partial charge >= 0.3 is 5.69 Å². The summed E-state index contributed by atoms with van der Waals surface area (Å²) >= 11 is 0. The van der Waals surface area contributed by atoms with E-state index < -0.39 is 5.60 Å². The van der Waals surface area contributed by atoms with Crippen LogP contribution in [0.15, 0.2) is 23.0 Å². The second-order valence-electron chi connectivity index (χ2n) is 5.16. The van der Waals surface area contributed by atoms with Crippen LogP contribution in [0.1, 0.15) is 38.3 Å². The average Bonchev–Trinajstić information content (AvgIpc) is 2.91. The maximum absolute atomic E-state index is 11.8. The van der Waals surface area contributed by atoms with E-state index >= 15 is 0 Å². The molecule has 17 heavy (non-hydrogen) atoms. The van der Waals surface area contributed by atoms with Crippen molar-refractivity contribution in [2.24, 2.45) is 0 Å². The molecular weight excluding hydrogens is 216 g/mol.